The molecule has 0 amide bonds. The summed E-state index contributed by atoms with van der Waals surface area (Å²) in [6.07, 6.45) is 2.10. The van der Waals surface area contributed by atoms with Gasteiger partial charge in [0, 0.05) is 54.5 Å². The lowest BCUT2D eigenvalue weighted by Crippen LogP contribution is -2.09. The molecular weight excluding hydrogens is 857 g/mol. The van der Waals surface area contributed by atoms with Gasteiger partial charge in [0.05, 0.1) is 34.8 Å². The number of para-hydroxylation sites is 3. The van der Waals surface area contributed by atoms with Gasteiger partial charge in [0.15, 0.2) is 0 Å². The lowest BCUT2D eigenvalue weighted by molar-refractivity contribution is 0.0744. The molecule has 5 nitrogen and oxygen atoms in total. The van der Waals surface area contributed by atoms with Crippen molar-refractivity contribution in [2.45, 2.75) is 25.9 Å². The van der Waals surface area contributed by atoms with Gasteiger partial charge >= 0.3 is 0 Å². The van der Waals surface area contributed by atoms with Gasteiger partial charge in [-0.15, -0.1) is 0 Å². The van der Waals surface area contributed by atoms with Crippen molar-refractivity contribution in [1.82, 2.24) is 9.13 Å². The quantitative estimate of drug-likeness (QED) is 0.173. The molecule has 0 saturated carbocycles. The number of fused-ring (bicyclic) bond motifs is 13. The Morgan fingerprint density at radius 2 is 0.943 bits per heavy atom. The molecule has 1 unspecified atom stereocenters. The third kappa shape index (κ3) is 5.88. The standard InChI is InChI=1S/C65H44N2O3/c1-39-34-40-24-27-44(35-41(40)32-33-68-39)67-57-20-8-5-15-51(57)64-47(17-10-21-59(64)67)43-26-30-61-54(37-43)55-38-45(28-31-62(55)69-61)66-56-19-7-4-14-49(56)53-36-42(25-29-58(53)66)46-12-2-3-13-48(46)50-18-11-23-63-65(50)52-16-6-9-22-60(52)70-63/h2-31,35-39H,32-34H2,1H3. The summed E-state index contributed by atoms with van der Waals surface area (Å²) in [7, 11) is 0. The summed E-state index contributed by atoms with van der Waals surface area (Å²) in [6.45, 7) is 2.93. The molecule has 5 heterocycles. The highest BCUT2D eigenvalue weighted by molar-refractivity contribution is 6.18. The average Bonchev–Trinajstić information content (AvgIpc) is 4.13. The fourth-order valence-electron chi connectivity index (χ4n) is 11.9. The minimum absolute atomic E-state index is 0.231. The van der Waals surface area contributed by atoms with Gasteiger partial charge < -0.3 is 22.7 Å². The number of hydrogen-bond acceptors (Lipinski definition) is 3. The van der Waals surface area contributed by atoms with E-state index in [9.17, 15) is 0 Å². The van der Waals surface area contributed by atoms with Crippen molar-refractivity contribution < 1.29 is 13.6 Å². The first-order valence-corrected chi connectivity index (χ1v) is 24.4. The smallest absolute Gasteiger partial charge is 0.136 e. The Morgan fingerprint density at radius 1 is 0.371 bits per heavy atom. The highest BCUT2D eigenvalue weighted by Gasteiger charge is 2.22. The number of aromatic nitrogens is 2. The number of furan rings is 2. The maximum absolute atomic E-state index is 6.60. The highest BCUT2D eigenvalue weighted by Crippen LogP contribution is 2.44. The van der Waals surface area contributed by atoms with E-state index in [1.807, 2.05) is 6.07 Å². The predicted molar refractivity (Wildman–Crippen MR) is 289 cm³/mol. The fraction of sp³-hybridized carbons (Fsp3) is 0.0769. The first kappa shape index (κ1) is 39.4. The van der Waals surface area contributed by atoms with Crippen molar-refractivity contribution in [1.29, 1.82) is 0 Å². The number of hydrogen-bond donors (Lipinski definition) is 0. The minimum atomic E-state index is 0.231. The molecular formula is C65H44N2O3. The zero-order valence-electron chi connectivity index (χ0n) is 38.4. The van der Waals surface area contributed by atoms with Gasteiger partial charge in [-0.1, -0.05) is 121 Å². The largest absolute Gasteiger partial charge is 0.456 e. The Hall–Kier alpha value is -8.64. The van der Waals surface area contributed by atoms with Crippen LogP contribution in [0.25, 0.3) is 132 Å². The van der Waals surface area contributed by atoms with Gasteiger partial charge in [0.1, 0.15) is 22.3 Å². The van der Waals surface area contributed by atoms with Gasteiger partial charge in [-0.05, 0) is 149 Å². The Morgan fingerprint density at radius 3 is 1.84 bits per heavy atom. The number of rotatable bonds is 5. The van der Waals surface area contributed by atoms with Gasteiger partial charge in [-0.3, -0.25) is 0 Å². The molecule has 0 radical (unpaired) electrons. The molecule has 1 aliphatic heterocycles. The summed E-state index contributed by atoms with van der Waals surface area (Å²) in [4.78, 5) is 0. The van der Waals surface area contributed by atoms with Crippen LogP contribution in [-0.2, 0) is 17.6 Å². The van der Waals surface area contributed by atoms with Gasteiger partial charge in [-0.25, -0.2) is 0 Å². The Balaban J connectivity index is 0.863. The van der Waals surface area contributed by atoms with Crippen LogP contribution in [0.1, 0.15) is 18.1 Å². The summed E-state index contributed by atoms with van der Waals surface area (Å²) in [5.74, 6) is 0. The van der Waals surface area contributed by atoms with E-state index >= 15 is 0 Å². The van der Waals surface area contributed by atoms with Crippen molar-refractivity contribution in [3.63, 3.8) is 0 Å². The van der Waals surface area contributed by atoms with Crippen molar-refractivity contribution in [3.8, 4) is 44.8 Å². The molecule has 0 bridgehead atoms. The first-order valence-electron chi connectivity index (χ1n) is 24.4. The molecule has 0 fully saturated rings. The third-order valence-corrected chi connectivity index (χ3v) is 15.1. The van der Waals surface area contributed by atoms with Crippen LogP contribution in [-0.4, -0.2) is 21.8 Å². The second-order valence-corrected chi connectivity index (χ2v) is 19.0. The maximum Gasteiger partial charge on any atom is 0.136 e. The molecule has 0 saturated heterocycles. The Labute approximate surface area is 403 Å². The van der Waals surface area contributed by atoms with E-state index in [2.05, 4.69) is 216 Å². The molecule has 0 aliphatic carbocycles. The molecule has 15 rings (SSSR count). The van der Waals surface area contributed by atoms with Crippen LogP contribution in [0.5, 0.6) is 0 Å². The third-order valence-electron chi connectivity index (χ3n) is 15.1. The van der Waals surface area contributed by atoms with E-state index in [4.69, 9.17) is 13.6 Å². The monoisotopic (exact) mass is 900 g/mol. The molecule has 0 N–H and O–H groups in total. The fourth-order valence-corrected chi connectivity index (χ4v) is 11.9. The lowest BCUT2D eigenvalue weighted by Gasteiger charge is -2.13. The molecule has 0 spiro atoms. The van der Waals surface area contributed by atoms with E-state index in [1.54, 1.807) is 0 Å². The molecule has 5 heteroatoms. The van der Waals surface area contributed by atoms with E-state index in [0.717, 1.165) is 85.6 Å². The Kier molecular flexibility index (Phi) is 8.54. The minimum Gasteiger partial charge on any atom is -0.456 e. The Bertz CT molecular complexity index is 4460. The molecule has 14 aromatic rings. The molecule has 4 aromatic heterocycles. The van der Waals surface area contributed by atoms with Crippen molar-refractivity contribution in [3.05, 3.63) is 217 Å². The van der Waals surface area contributed by atoms with E-state index in [-0.39, 0.29) is 6.10 Å². The number of ether oxygens (including phenoxy) is 1. The maximum atomic E-state index is 6.60. The summed E-state index contributed by atoms with van der Waals surface area (Å²) in [6, 6.07) is 75.1. The van der Waals surface area contributed by atoms with Gasteiger partial charge in [-0.2, -0.15) is 0 Å². The zero-order chi connectivity index (χ0) is 46.0. The predicted octanol–water partition coefficient (Wildman–Crippen LogP) is 17.2. The van der Waals surface area contributed by atoms with Crippen LogP contribution in [0.3, 0.4) is 0 Å². The molecule has 70 heavy (non-hydrogen) atoms. The topological polar surface area (TPSA) is 45.4 Å². The molecule has 1 aliphatic rings. The molecule has 332 valence electrons. The van der Waals surface area contributed by atoms with Crippen LogP contribution in [0.2, 0.25) is 0 Å². The first-order chi connectivity index (χ1) is 34.6. The number of benzene rings is 10. The van der Waals surface area contributed by atoms with Crippen LogP contribution in [0.4, 0.5) is 0 Å². The van der Waals surface area contributed by atoms with Crippen molar-refractivity contribution >= 4 is 87.5 Å². The summed E-state index contributed by atoms with van der Waals surface area (Å²) in [5, 5.41) is 9.35. The highest BCUT2D eigenvalue weighted by atomic mass is 16.5. The van der Waals surface area contributed by atoms with Crippen LogP contribution < -0.4 is 0 Å². The van der Waals surface area contributed by atoms with Gasteiger partial charge in [0.2, 0.25) is 0 Å². The van der Waals surface area contributed by atoms with Crippen molar-refractivity contribution in [2.24, 2.45) is 0 Å². The van der Waals surface area contributed by atoms with Crippen molar-refractivity contribution in [2.75, 3.05) is 6.61 Å². The average molecular weight is 901 g/mol. The second kappa shape index (κ2) is 15.2. The number of nitrogens with zero attached hydrogens (tertiary/aromatic N) is 2. The zero-order valence-corrected chi connectivity index (χ0v) is 38.4. The van der Waals surface area contributed by atoms with E-state index < -0.39 is 0 Å². The van der Waals surface area contributed by atoms with Gasteiger partial charge in [0.25, 0.3) is 0 Å². The van der Waals surface area contributed by atoms with E-state index in [0.29, 0.717) is 0 Å². The molecule has 1 atom stereocenters. The van der Waals surface area contributed by atoms with Crippen LogP contribution >= 0.6 is 0 Å². The summed E-state index contributed by atoms with van der Waals surface area (Å²) < 4.78 is 23.8. The molecule has 10 aromatic carbocycles. The lowest BCUT2D eigenvalue weighted by atomic mass is 9.91. The second-order valence-electron chi connectivity index (χ2n) is 19.0. The normalized spacial score (nSPS) is 14.3. The van der Waals surface area contributed by atoms with Crippen LogP contribution in [0, 0.1) is 0 Å². The SMILES string of the molecule is CC1Cc2ccc(-n3c4ccccc4c4c(-c5ccc6oc7ccc(-n8c9ccccc9c9cc(-c%10ccccc%10-c%10cccc%11oc%12ccccc%12c%10%11)ccc98)cc7c6c5)cccc43)cc2CCO1. The summed E-state index contributed by atoms with van der Waals surface area (Å²) >= 11 is 0. The van der Waals surface area contributed by atoms with Crippen LogP contribution in [0.15, 0.2) is 215 Å². The van der Waals surface area contributed by atoms with E-state index in [1.165, 1.54) is 77.2 Å². The summed E-state index contributed by atoms with van der Waals surface area (Å²) in [5.41, 5.74) is 20.3.